The fourth-order valence-corrected chi connectivity index (χ4v) is 6.06. The molecule has 3 aromatic rings. The van der Waals surface area contributed by atoms with Crippen molar-refractivity contribution in [2.75, 3.05) is 32.1 Å². The zero-order valence-corrected chi connectivity index (χ0v) is 23.1. The molecule has 10 heteroatoms. The van der Waals surface area contributed by atoms with Crippen LogP contribution in [-0.2, 0) is 14.3 Å². The normalized spacial score (nSPS) is 14.2. The highest BCUT2D eigenvalue weighted by Gasteiger charge is 2.26. The first-order valence-corrected chi connectivity index (χ1v) is 14.2. The molecule has 0 spiro atoms. The van der Waals surface area contributed by atoms with Crippen LogP contribution in [0.3, 0.4) is 0 Å². The summed E-state index contributed by atoms with van der Waals surface area (Å²) in [5, 5.41) is 5.72. The monoisotopic (exact) mass is 553 g/mol. The SMILES string of the molecule is CCOC(=O)CCC(=O)SN1CCC(c2nc(C(=O)Nc3cc(OC)ccc3-c3ccccc3)cs2)CC1. The Morgan fingerprint density at radius 2 is 1.87 bits per heavy atom. The van der Waals surface area contributed by atoms with Gasteiger partial charge in [-0.3, -0.25) is 14.4 Å². The van der Waals surface area contributed by atoms with Crippen molar-refractivity contribution in [2.24, 2.45) is 0 Å². The number of carbonyl (C=O) groups excluding carboxylic acids is 3. The molecule has 38 heavy (non-hydrogen) atoms. The number of anilines is 1. The molecule has 0 bridgehead atoms. The molecule has 2 heterocycles. The molecule has 1 N–H and O–H groups in total. The average molecular weight is 554 g/mol. The summed E-state index contributed by atoms with van der Waals surface area (Å²) in [6.07, 6.45) is 1.98. The van der Waals surface area contributed by atoms with Crippen LogP contribution < -0.4 is 10.1 Å². The van der Waals surface area contributed by atoms with Crippen LogP contribution in [-0.4, -0.2) is 53.1 Å². The van der Waals surface area contributed by atoms with Gasteiger partial charge < -0.3 is 14.8 Å². The molecule has 8 nitrogen and oxygen atoms in total. The Hall–Kier alpha value is -3.21. The minimum atomic E-state index is -0.341. The van der Waals surface area contributed by atoms with Crippen molar-refractivity contribution >= 4 is 46.0 Å². The van der Waals surface area contributed by atoms with Gasteiger partial charge in [0.25, 0.3) is 5.91 Å². The van der Waals surface area contributed by atoms with E-state index in [0.29, 0.717) is 23.7 Å². The Labute approximate surface area is 230 Å². The van der Waals surface area contributed by atoms with E-state index in [0.717, 1.165) is 42.1 Å². The van der Waals surface area contributed by atoms with Gasteiger partial charge in [0.1, 0.15) is 11.4 Å². The number of benzene rings is 2. The van der Waals surface area contributed by atoms with Crippen LogP contribution in [0.2, 0.25) is 0 Å². The highest BCUT2D eigenvalue weighted by molar-refractivity contribution is 8.11. The number of piperidine rings is 1. The zero-order valence-electron chi connectivity index (χ0n) is 21.5. The molecule has 4 rings (SSSR count). The van der Waals surface area contributed by atoms with Gasteiger partial charge in [-0.2, -0.15) is 0 Å². The van der Waals surface area contributed by atoms with Crippen LogP contribution in [0.1, 0.15) is 54.0 Å². The Bertz CT molecular complexity index is 1260. The van der Waals surface area contributed by atoms with Crippen LogP contribution in [0.4, 0.5) is 5.69 Å². The number of hydrogen-bond donors (Lipinski definition) is 1. The smallest absolute Gasteiger partial charge is 0.306 e. The molecule has 1 aliphatic heterocycles. The number of nitrogens with zero attached hydrogens (tertiary/aromatic N) is 2. The van der Waals surface area contributed by atoms with Crippen molar-refractivity contribution in [1.29, 1.82) is 0 Å². The number of nitrogens with one attached hydrogen (secondary N) is 1. The third kappa shape index (κ3) is 7.43. The van der Waals surface area contributed by atoms with Gasteiger partial charge in [-0.15, -0.1) is 11.3 Å². The summed E-state index contributed by atoms with van der Waals surface area (Å²) >= 11 is 2.68. The summed E-state index contributed by atoms with van der Waals surface area (Å²) < 4.78 is 12.3. The van der Waals surface area contributed by atoms with Gasteiger partial charge in [-0.1, -0.05) is 30.3 Å². The Balaban J connectivity index is 1.33. The first-order valence-electron chi connectivity index (χ1n) is 12.6. The van der Waals surface area contributed by atoms with E-state index in [2.05, 4.69) is 10.3 Å². The molecule has 1 amide bonds. The average Bonchev–Trinajstić information content (AvgIpc) is 3.44. The molecule has 0 aliphatic carbocycles. The molecule has 200 valence electrons. The van der Waals surface area contributed by atoms with E-state index < -0.39 is 0 Å². The number of amides is 1. The second-order valence-corrected chi connectivity index (χ2v) is 10.8. The fraction of sp³-hybridized carbons (Fsp3) is 0.357. The molecule has 1 aromatic heterocycles. The van der Waals surface area contributed by atoms with Crippen molar-refractivity contribution in [2.45, 2.75) is 38.5 Å². The maximum Gasteiger partial charge on any atom is 0.306 e. The highest BCUT2D eigenvalue weighted by atomic mass is 32.2. The lowest BCUT2D eigenvalue weighted by molar-refractivity contribution is -0.143. The predicted molar refractivity (Wildman–Crippen MR) is 151 cm³/mol. The third-order valence-electron chi connectivity index (χ3n) is 6.19. The van der Waals surface area contributed by atoms with Crippen LogP contribution in [0, 0.1) is 0 Å². The fourth-order valence-electron chi connectivity index (χ4n) is 4.21. The number of esters is 1. The molecular weight excluding hydrogens is 522 g/mol. The van der Waals surface area contributed by atoms with E-state index in [4.69, 9.17) is 9.47 Å². The van der Waals surface area contributed by atoms with E-state index in [9.17, 15) is 14.4 Å². The van der Waals surface area contributed by atoms with Gasteiger partial charge in [0.15, 0.2) is 0 Å². The first kappa shape index (κ1) is 27.8. The maximum atomic E-state index is 13.1. The number of rotatable bonds is 10. The summed E-state index contributed by atoms with van der Waals surface area (Å²) in [7, 11) is 1.60. The van der Waals surface area contributed by atoms with E-state index in [1.54, 1.807) is 19.4 Å². The molecular formula is C28H31N3O5S2. The van der Waals surface area contributed by atoms with Gasteiger partial charge in [-0.25, -0.2) is 9.29 Å². The van der Waals surface area contributed by atoms with Crippen molar-refractivity contribution in [3.8, 4) is 16.9 Å². The van der Waals surface area contributed by atoms with Crippen molar-refractivity contribution < 1.29 is 23.9 Å². The van der Waals surface area contributed by atoms with Gasteiger partial charge in [-0.05, 0) is 49.4 Å². The molecule has 2 aromatic carbocycles. The topological polar surface area (TPSA) is 97.8 Å². The van der Waals surface area contributed by atoms with Crippen molar-refractivity contribution in [1.82, 2.24) is 9.29 Å². The van der Waals surface area contributed by atoms with Gasteiger partial charge in [0.05, 0.1) is 30.8 Å². The summed E-state index contributed by atoms with van der Waals surface area (Å²) in [6.45, 7) is 3.56. The Morgan fingerprint density at radius 3 is 2.58 bits per heavy atom. The Kier molecular flexibility index (Phi) is 9.91. The standard InChI is InChI=1S/C28H31N3O5S2/c1-3-36-25(32)11-12-26(33)38-31-15-13-20(14-16-31)28-30-24(18-37-28)27(34)29-23-17-21(35-2)9-10-22(23)19-7-5-4-6-8-19/h4-10,17-18,20H,3,11-16H2,1-2H3,(H,29,34). The first-order chi connectivity index (χ1) is 18.5. The van der Waals surface area contributed by atoms with Gasteiger partial charge >= 0.3 is 5.97 Å². The van der Waals surface area contributed by atoms with Crippen LogP contribution in [0.5, 0.6) is 5.75 Å². The van der Waals surface area contributed by atoms with E-state index >= 15 is 0 Å². The molecule has 1 aliphatic rings. The molecule has 0 radical (unpaired) electrons. The summed E-state index contributed by atoms with van der Waals surface area (Å²) in [6, 6.07) is 15.5. The lowest BCUT2D eigenvalue weighted by Gasteiger charge is -2.29. The quantitative estimate of drug-likeness (QED) is 0.250. The number of thiazole rings is 1. The number of aromatic nitrogens is 1. The van der Waals surface area contributed by atoms with E-state index in [-0.39, 0.29) is 35.8 Å². The molecule has 1 fully saturated rings. The van der Waals surface area contributed by atoms with Crippen LogP contribution in [0.25, 0.3) is 11.1 Å². The summed E-state index contributed by atoms with van der Waals surface area (Å²) in [5.41, 5.74) is 2.94. The predicted octanol–water partition coefficient (Wildman–Crippen LogP) is 5.77. The Morgan fingerprint density at radius 1 is 1.11 bits per heavy atom. The van der Waals surface area contributed by atoms with Crippen LogP contribution in [0.15, 0.2) is 53.9 Å². The molecule has 0 saturated carbocycles. The van der Waals surface area contributed by atoms with Crippen molar-refractivity contribution in [3.63, 3.8) is 0 Å². The number of ether oxygens (including phenoxy) is 2. The van der Waals surface area contributed by atoms with E-state index in [1.165, 1.54) is 23.3 Å². The largest absolute Gasteiger partial charge is 0.497 e. The lowest BCUT2D eigenvalue weighted by atomic mass is 9.99. The number of methoxy groups -OCH3 is 1. The van der Waals surface area contributed by atoms with Crippen molar-refractivity contribution in [3.05, 3.63) is 64.6 Å². The minimum absolute atomic E-state index is 0.0304. The highest BCUT2D eigenvalue weighted by Crippen LogP contribution is 2.34. The second kappa shape index (κ2) is 13.5. The zero-order chi connectivity index (χ0) is 26.9. The lowest BCUT2D eigenvalue weighted by Crippen LogP contribution is -2.29. The molecule has 0 atom stereocenters. The van der Waals surface area contributed by atoms with E-state index in [1.807, 2.05) is 52.8 Å². The minimum Gasteiger partial charge on any atom is -0.497 e. The van der Waals surface area contributed by atoms with Crippen LogP contribution >= 0.6 is 23.3 Å². The number of hydrogen-bond acceptors (Lipinski definition) is 9. The van der Waals surface area contributed by atoms with Gasteiger partial charge in [0.2, 0.25) is 5.12 Å². The molecule has 1 saturated heterocycles. The maximum absolute atomic E-state index is 13.1. The summed E-state index contributed by atoms with van der Waals surface area (Å²) in [5.74, 6) is 0.289. The number of carbonyl (C=O) groups is 3. The molecule has 0 unspecified atom stereocenters. The second-order valence-electron chi connectivity index (χ2n) is 8.77. The van der Waals surface area contributed by atoms with Gasteiger partial charge in [0, 0.05) is 42.4 Å². The third-order valence-corrected chi connectivity index (χ3v) is 8.23. The summed E-state index contributed by atoms with van der Waals surface area (Å²) in [4.78, 5) is 41.5.